The molecule has 0 saturated carbocycles. The van der Waals surface area contributed by atoms with Gasteiger partial charge in [-0.3, -0.25) is 4.79 Å². The summed E-state index contributed by atoms with van der Waals surface area (Å²) in [6.45, 7) is 4.65. The lowest BCUT2D eigenvalue weighted by molar-refractivity contribution is -0.123. The summed E-state index contributed by atoms with van der Waals surface area (Å²) in [6.07, 6.45) is 0. The van der Waals surface area contributed by atoms with Crippen LogP contribution in [0.1, 0.15) is 25.0 Å². The van der Waals surface area contributed by atoms with E-state index in [9.17, 15) is 4.79 Å². The molecule has 2 aromatic rings. The Bertz CT molecular complexity index is 689. The Morgan fingerprint density at radius 2 is 1.75 bits per heavy atom. The van der Waals surface area contributed by atoms with E-state index in [0.717, 1.165) is 11.1 Å². The topological polar surface area (TPSA) is 64.4 Å². The van der Waals surface area contributed by atoms with Gasteiger partial charge in [-0.05, 0) is 29.2 Å². The molecule has 24 heavy (non-hydrogen) atoms. The predicted octanol–water partition coefficient (Wildman–Crippen LogP) is 3.52. The van der Waals surface area contributed by atoms with Crippen molar-refractivity contribution >= 4 is 17.5 Å². The molecule has 0 aliphatic rings. The molecule has 1 amide bonds. The molecule has 0 aliphatic heterocycles. The highest BCUT2D eigenvalue weighted by molar-refractivity contribution is 6.32. The molecule has 0 fully saturated rings. The van der Waals surface area contributed by atoms with E-state index in [1.807, 2.05) is 56.3 Å². The number of hydrogen-bond acceptors (Lipinski definition) is 3. The maximum Gasteiger partial charge on any atom is 0.237 e. The van der Waals surface area contributed by atoms with Crippen LogP contribution in [0.15, 0.2) is 48.5 Å². The van der Waals surface area contributed by atoms with Gasteiger partial charge >= 0.3 is 0 Å². The highest BCUT2D eigenvalue weighted by atomic mass is 35.5. The normalized spacial score (nSPS) is 12.0. The molecule has 5 heteroatoms. The molecule has 2 rings (SSSR count). The second kappa shape index (κ2) is 8.71. The van der Waals surface area contributed by atoms with Gasteiger partial charge in [-0.15, -0.1) is 0 Å². The number of ether oxygens (including phenoxy) is 1. The van der Waals surface area contributed by atoms with E-state index < -0.39 is 6.04 Å². The van der Waals surface area contributed by atoms with Crippen LogP contribution in [0.3, 0.4) is 0 Å². The summed E-state index contributed by atoms with van der Waals surface area (Å²) < 4.78 is 5.79. The van der Waals surface area contributed by atoms with E-state index in [-0.39, 0.29) is 11.8 Å². The van der Waals surface area contributed by atoms with Crippen LogP contribution in [0.2, 0.25) is 5.02 Å². The average molecular weight is 347 g/mol. The third-order valence-corrected chi connectivity index (χ3v) is 4.12. The number of nitrogens with one attached hydrogen (secondary N) is 1. The summed E-state index contributed by atoms with van der Waals surface area (Å²) in [4.78, 5) is 12.0. The van der Waals surface area contributed by atoms with Crippen LogP contribution in [-0.2, 0) is 17.9 Å². The minimum absolute atomic E-state index is 0.101. The minimum atomic E-state index is -0.503. The number of para-hydroxylation sites is 1. The number of carbonyl (C=O) groups is 1. The van der Waals surface area contributed by atoms with E-state index in [4.69, 9.17) is 22.1 Å². The number of rotatable bonds is 7. The molecular formula is C19H23ClN2O2. The molecule has 0 unspecified atom stereocenters. The van der Waals surface area contributed by atoms with Gasteiger partial charge in [-0.2, -0.15) is 0 Å². The number of nitrogens with two attached hydrogens (primary N) is 1. The Morgan fingerprint density at radius 3 is 2.42 bits per heavy atom. The fourth-order valence-electron chi connectivity index (χ4n) is 2.19. The summed E-state index contributed by atoms with van der Waals surface area (Å²) in [6, 6.07) is 14.7. The Labute approximate surface area is 148 Å². The molecule has 0 bridgehead atoms. The highest BCUT2D eigenvalue weighted by Crippen LogP contribution is 2.24. The molecule has 1 atom stereocenters. The van der Waals surface area contributed by atoms with Crippen molar-refractivity contribution in [3.05, 3.63) is 64.7 Å². The molecule has 3 N–H and O–H groups in total. The monoisotopic (exact) mass is 346 g/mol. The summed E-state index contributed by atoms with van der Waals surface area (Å²) in [5.74, 6) is 0.593. The van der Waals surface area contributed by atoms with E-state index in [1.54, 1.807) is 6.07 Å². The molecule has 0 radical (unpaired) electrons. The first-order chi connectivity index (χ1) is 11.5. The first-order valence-corrected chi connectivity index (χ1v) is 8.34. The van der Waals surface area contributed by atoms with Gasteiger partial charge in [0.15, 0.2) is 0 Å². The first kappa shape index (κ1) is 18.3. The standard InChI is InChI=1S/C19H23ClN2O2/c1-13(2)18(21)19(23)22-11-14-7-3-4-8-15(14)12-24-17-10-6-5-9-16(17)20/h3-10,13,18H,11-12,21H2,1-2H3,(H,22,23)/t18-/m0/s1. The van der Waals surface area contributed by atoms with Crippen molar-refractivity contribution in [3.8, 4) is 5.75 Å². The maximum atomic E-state index is 12.0. The van der Waals surface area contributed by atoms with Crippen LogP contribution in [-0.4, -0.2) is 11.9 Å². The van der Waals surface area contributed by atoms with Crippen molar-refractivity contribution in [2.24, 2.45) is 11.7 Å². The molecule has 0 aliphatic carbocycles. The molecule has 0 saturated heterocycles. The summed E-state index contributed by atoms with van der Waals surface area (Å²) >= 11 is 6.10. The van der Waals surface area contributed by atoms with Crippen molar-refractivity contribution in [1.82, 2.24) is 5.32 Å². The van der Waals surface area contributed by atoms with E-state index in [2.05, 4.69) is 5.32 Å². The predicted molar refractivity (Wildman–Crippen MR) is 96.9 cm³/mol. The van der Waals surface area contributed by atoms with Gasteiger partial charge in [0.2, 0.25) is 5.91 Å². The van der Waals surface area contributed by atoms with Crippen LogP contribution in [0.25, 0.3) is 0 Å². The Kier molecular flexibility index (Phi) is 6.64. The molecule has 4 nitrogen and oxygen atoms in total. The number of amides is 1. The first-order valence-electron chi connectivity index (χ1n) is 7.96. The third-order valence-electron chi connectivity index (χ3n) is 3.81. The van der Waals surface area contributed by atoms with Crippen molar-refractivity contribution in [2.45, 2.75) is 33.0 Å². The van der Waals surface area contributed by atoms with E-state index in [0.29, 0.717) is 23.9 Å². The lowest BCUT2D eigenvalue weighted by Crippen LogP contribution is -2.43. The van der Waals surface area contributed by atoms with Gasteiger partial charge in [0.05, 0.1) is 11.1 Å². The van der Waals surface area contributed by atoms with E-state index in [1.165, 1.54) is 0 Å². The average Bonchev–Trinajstić information content (AvgIpc) is 2.59. The van der Waals surface area contributed by atoms with Gasteiger partial charge in [0.25, 0.3) is 0 Å². The Morgan fingerprint density at radius 1 is 1.12 bits per heavy atom. The lowest BCUT2D eigenvalue weighted by atomic mass is 10.0. The van der Waals surface area contributed by atoms with Crippen molar-refractivity contribution in [3.63, 3.8) is 0 Å². The molecule has 2 aromatic carbocycles. The fraction of sp³-hybridized carbons (Fsp3) is 0.316. The van der Waals surface area contributed by atoms with Crippen molar-refractivity contribution < 1.29 is 9.53 Å². The Balaban J connectivity index is 2.00. The number of hydrogen-bond donors (Lipinski definition) is 2. The zero-order valence-electron chi connectivity index (χ0n) is 14.0. The van der Waals surface area contributed by atoms with Gasteiger partial charge in [-0.25, -0.2) is 0 Å². The van der Waals surface area contributed by atoms with E-state index >= 15 is 0 Å². The molecule has 128 valence electrons. The van der Waals surface area contributed by atoms with Crippen LogP contribution in [0.5, 0.6) is 5.75 Å². The summed E-state index contributed by atoms with van der Waals surface area (Å²) in [5.41, 5.74) is 7.85. The second-order valence-electron chi connectivity index (χ2n) is 5.98. The summed E-state index contributed by atoms with van der Waals surface area (Å²) in [5, 5.41) is 3.46. The largest absolute Gasteiger partial charge is 0.487 e. The van der Waals surface area contributed by atoms with Crippen LogP contribution >= 0.6 is 11.6 Å². The van der Waals surface area contributed by atoms with Crippen molar-refractivity contribution in [2.75, 3.05) is 0 Å². The number of benzene rings is 2. The van der Waals surface area contributed by atoms with Crippen LogP contribution in [0.4, 0.5) is 0 Å². The Hall–Kier alpha value is -2.04. The second-order valence-corrected chi connectivity index (χ2v) is 6.38. The van der Waals surface area contributed by atoms with Gasteiger partial charge in [-0.1, -0.05) is 61.8 Å². The van der Waals surface area contributed by atoms with Crippen LogP contribution in [0, 0.1) is 5.92 Å². The highest BCUT2D eigenvalue weighted by Gasteiger charge is 2.17. The molecule has 0 aromatic heterocycles. The molecule has 0 heterocycles. The zero-order valence-corrected chi connectivity index (χ0v) is 14.7. The molecule has 0 spiro atoms. The van der Waals surface area contributed by atoms with Gasteiger partial charge < -0.3 is 15.8 Å². The smallest absolute Gasteiger partial charge is 0.237 e. The lowest BCUT2D eigenvalue weighted by Gasteiger charge is -2.17. The number of halogens is 1. The maximum absolute atomic E-state index is 12.0. The van der Waals surface area contributed by atoms with Gasteiger partial charge in [0.1, 0.15) is 12.4 Å². The van der Waals surface area contributed by atoms with Crippen LogP contribution < -0.4 is 15.8 Å². The zero-order chi connectivity index (χ0) is 17.5. The third kappa shape index (κ3) is 4.98. The summed E-state index contributed by atoms with van der Waals surface area (Å²) in [7, 11) is 0. The minimum Gasteiger partial charge on any atom is -0.487 e. The van der Waals surface area contributed by atoms with Gasteiger partial charge in [0, 0.05) is 6.54 Å². The quantitative estimate of drug-likeness (QED) is 0.806. The number of carbonyl (C=O) groups excluding carboxylic acids is 1. The van der Waals surface area contributed by atoms with Crippen molar-refractivity contribution in [1.29, 1.82) is 0 Å². The SMILES string of the molecule is CC(C)[C@H](N)C(=O)NCc1ccccc1COc1ccccc1Cl. The fourth-order valence-corrected chi connectivity index (χ4v) is 2.38. The molecular weight excluding hydrogens is 324 g/mol.